The first-order chi connectivity index (χ1) is 13.2. The van der Waals surface area contributed by atoms with Gasteiger partial charge in [-0.3, -0.25) is 9.36 Å². The van der Waals surface area contributed by atoms with Crippen molar-refractivity contribution in [3.63, 3.8) is 0 Å². The van der Waals surface area contributed by atoms with Gasteiger partial charge in [0.15, 0.2) is 11.6 Å². The second kappa shape index (κ2) is 6.11. The van der Waals surface area contributed by atoms with Crippen molar-refractivity contribution in [1.29, 1.82) is 0 Å². The third kappa shape index (κ3) is 2.71. The summed E-state index contributed by atoms with van der Waals surface area (Å²) in [5.41, 5.74) is 0.649. The molecule has 4 aromatic rings. The van der Waals surface area contributed by atoms with Gasteiger partial charge in [0.25, 0.3) is 0 Å². The summed E-state index contributed by atoms with van der Waals surface area (Å²) in [6.07, 6.45) is 4.93. The molecule has 1 aromatic carbocycles. The Labute approximate surface area is 154 Å². The SMILES string of the molecule is Cn1nccc1-n1nc(-c2cccc(F)c2)nc1C1CCn2ncnc2C1. The number of hydrogen-bond acceptors (Lipinski definition) is 5. The Bertz CT molecular complexity index is 1110. The molecule has 3 aromatic heterocycles. The molecule has 0 N–H and O–H groups in total. The van der Waals surface area contributed by atoms with E-state index in [-0.39, 0.29) is 11.7 Å². The summed E-state index contributed by atoms with van der Waals surface area (Å²) in [5, 5.41) is 13.2. The van der Waals surface area contributed by atoms with Crippen molar-refractivity contribution < 1.29 is 4.39 Å². The van der Waals surface area contributed by atoms with Crippen LogP contribution in [0, 0.1) is 5.82 Å². The van der Waals surface area contributed by atoms with Crippen molar-refractivity contribution in [3.8, 4) is 17.2 Å². The lowest BCUT2D eigenvalue weighted by Crippen LogP contribution is -2.22. The van der Waals surface area contributed by atoms with Gasteiger partial charge >= 0.3 is 0 Å². The van der Waals surface area contributed by atoms with Crippen molar-refractivity contribution >= 4 is 0 Å². The Hall–Kier alpha value is -3.36. The summed E-state index contributed by atoms with van der Waals surface area (Å²) in [5.74, 6) is 2.92. The minimum Gasteiger partial charge on any atom is -0.251 e. The van der Waals surface area contributed by atoms with Crippen LogP contribution in [-0.2, 0) is 20.0 Å². The van der Waals surface area contributed by atoms with Crippen LogP contribution in [0.1, 0.15) is 24.0 Å². The fraction of sp³-hybridized carbons (Fsp3) is 0.278. The van der Waals surface area contributed by atoms with Crippen molar-refractivity contribution in [2.75, 3.05) is 0 Å². The van der Waals surface area contributed by atoms with E-state index in [0.29, 0.717) is 11.4 Å². The molecule has 1 atom stereocenters. The highest BCUT2D eigenvalue weighted by Gasteiger charge is 2.28. The molecule has 0 amide bonds. The van der Waals surface area contributed by atoms with E-state index in [0.717, 1.165) is 36.9 Å². The molecule has 136 valence electrons. The van der Waals surface area contributed by atoms with Gasteiger partial charge in [-0.05, 0) is 18.6 Å². The van der Waals surface area contributed by atoms with Crippen LogP contribution in [-0.4, -0.2) is 39.3 Å². The van der Waals surface area contributed by atoms with Crippen LogP contribution in [0.3, 0.4) is 0 Å². The normalized spacial score (nSPS) is 16.4. The van der Waals surface area contributed by atoms with Gasteiger partial charge in [0.05, 0.1) is 6.20 Å². The van der Waals surface area contributed by atoms with E-state index in [9.17, 15) is 4.39 Å². The van der Waals surface area contributed by atoms with Crippen molar-refractivity contribution in [1.82, 2.24) is 39.3 Å². The van der Waals surface area contributed by atoms with Gasteiger partial charge in [-0.15, -0.1) is 5.10 Å². The fourth-order valence-corrected chi connectivity index (χ4v) is 3.54. The zero-order valence-corrected chi connectivity index (χ0v) is 14.7. The molecule has 1 aliphatic heterocycles. The van der Waals surface area contributed by atoms with E-state index >= 15 is 0 Å². The predicted octanol–water partition coefficient (Wildman–Crippen LogP) is 2.13. The fourth-order valence-electron chi connectivity index (χ4n) is 3.54. The summed E-state index contributed by atoms with van der Waals surface area (Å²) in [6.45, 7) is 0.785. The van der Waals surface area contributed by atoms with Gasteiger partial charge in [0.1, 0.15) is 23.8 Å². The molecule has 5 rings (SSSR count). The van der Waals surface area contributed by atoms with Crippen LogP contribution in [0.15, 0.2) is 42.9 Å². The van der Waals surface area contributed by atoms with Crippen LogP contribution in [0.4, 0.5) is 4.39 Å². The van der Waals surface area contributed by atoms with Crippen LogP contribution in [0.25, 0.3) is 17.2 Å². The van der Waals surface area contributed by atoms with E-state index in [1.54, 1.807) is 23.3 Å². The minimum absolute atomic E-state index is 0.145. The van der Waals surface area contributed by atoms with E-state index in [1.165, 1.54) is 12.1 Å². The second-order valence-corrected chi connectivity index (χ2v) is 6.62. The number of fused-ring (bicyclic) bond motifs is 1. The zero-order chi connectivity index (χ0) is 18.4. The molecule has 4 heterocycles. The molecule has 8 nitrogen and oxygen atoms in total. The predicted molar refractivity (Wildman–Crippen MR) is 94.6 cm³/mol. The standard InChI is InChI=1S/C18H17FN8/c1-25-16(5-7-21-25)27-18(13-6-8-26-15(10-13)20-11-22-26)23-17(24-27)12-3-2-4-14(19)9-12/h2-5,7,9,11,13H,6,8,10H2,1H3. The number of aromatic nitrogens is 8. The van der Waals surface area contributed by atoms with Gasteiger partial charge in [-0.2, -0.15) is 14.9 Å². The highest BCUT2D eigenvalue weighted by atomic mass is 19.1. The third-order valence-electron chi connectivity index (χ3n) is 4.91. The number of halogens is 1. The molecular weight excluding hydrogens is 347 g/mol. The number of hydrogen-bond donors (Lipinski definition) is 0. The highest BCUT2D eigenvalue weighted by molar-refractivity contribution is 5.55. The maximum Gasteiger partial charge on any atom is 0.182 e. The van der Waals surface area contributed by atoms with Gasteiger partial charge in [-0.25, -0.2) is 14.4 Å². The number of rotatable bonds is 3. The Morgan fingerprint density at radius 1 is 1.19 bits per heavy atom. The summed E-state index contributed by atoms with van der Waals surface area (Å²) in [6, 6.07) is 8.23. The van der Waals surface area contributed by atoms with Crippen molar-refractivity contribution in [2.24, 2.45) is 7.05 Å². The molecular formula is C18H17FN8. The molecule has 0 spiro atoms. The van der Waals surface area contributed by atoms with Crippen molar-refractivity contribution in [3.05, 3.63) is 60.3 Å². The molecule has 1 aliphatic rings. The van der Waals surface area contributed by atoms with E-state index in [2.05, 4.69) is 20.3 Å². The zero-order valence-electron chi connectivity index (χ0n) is 14.7. The maximum atomic E-state index is 13.7. The average Bonchev–Trinajstić information content (AvgIpc) is 3.39. The minimum atomic E-state index is -0.309. The third-order valence-corrected chi connectivity index (χ3v) is 4.91. The molecule has 0 saturated carbocycles. The van der Waals surface area contributed by atoms with Gasteiger partial charge < -0.3 is 0 Å². The summed E-state index contributed by atoms with van der Waals surface area (Å²) in [4.78, 5) is 9.13. The first-order valence-electron chi connectivity index (χ1n) is 8.77. The Kier molecular flexibility index (Phi) is 3.59. The molecule has 9 heteroatoms. The molecule has 0 saturated heterocycles. The van der Waals surface area contributed by atoms with Gasteiger partial charge in [-0.1, -0.05) is 12.1 Å². The Balaban J connectivity index is 1.62. The van der Waals surface area contributed by atoms with Crippen LogP contribution < -0.4 is 0 Å². The number of aryl methyl sites for hydroxylation is 2. The lowest BCUT2D eigenvalue weighted by atomic mass is 9.97. The number of benzene rings is 1. The first-order valence-corrected chi connectivity index (χ1v) is 8.77. The number of nitrogens with zero attached hydrogens (tertiary/aromatic N) is 8. The van der Waals surface area contributed by atoms with Crippen LogP contribution >= 0.6 is 0 Å². The highest BCUT2D eigenvalue weighted by Crippen LogP contribution is 2.30. The summed E-state index contributed by atoms with van der Waals surface area (Å²) in [7, 11) is 1.86. The Morgan fingerprint density at radius 2 is 2.11 bits per heavy atom. The molecule has 27 heavy (non-hydrogen) atoms. The average molecular weight is 364 g/mol. The van der Waals surface area contributed by atoms with E-state index in [4.69, 9.17) is 4.98 Å². The lowest BCUT2D eigenvalue weighted by molar-refractivity contribution is 0.416. The summed E-state index contributed by atoms with van der Waals surface area (Å²) >= 11 is 0. The summed E-state index contributed by atoms with van der Waals surface area (Å²) < 4.78 is 19.2. The lowest BCUT2D eigenvalue weighted by Gasteiger charge is -2.21. The van der Waals surface area contributed by atoms with Gasteiger partial charge in [0.2, 0.25) is 0 Å². The molecule has 1 unspecified atom stereocenters. The first kappa shape index (κ1) is 15.9. The van der Waals surface area contributed by atoms with Gasteiger partial charge in [0, 0.05) is 37.6 Å². The second-order valence-electron chi connectivity index (χ2n) is 6.62. The molecule has 0 fully saturated rings. The van der Waals surface area contributed by atoms with Crippen LogP contribution in [0.5, 0.6) is 0 Å². The monoisotopic (exact) mass is 364 g/mol. The van der Waals surface area contributed by atoms with Crippen molar-refractivity contribution in [2.45, 2.75) is 25.3 Å². The Morgan fingerprint density at radius 3 is 2.93 bits per heavy atom. The topological polar surface area (TPSA) is 79.2 Å². The smallest absolute Gasteiger partial charge is 0.182 e. The van der Waals surface area contributed by atoms with E-state index < -0.39 is 0 Å². The quantitative estimate of drug-likeness (QED) is 0.556. The van der Waals surface area contributed by atoms with Crippen LogP contribution in [0.2, 0.25) is 0 Å². The van der Waals surface area contributed by atoms with E-state index in [1.807, 2.05) is 28.5 Å². The maximum absolute atomic E-state index is 13.7. The largest absolute Gasteiger partial charge is 0.251 e. The molecule has 0 bridgehead atoms. The molecule has 0 radical (unpaired) electrons. The molecule has 0 aliphatic carbocycles.